The number of hydrogen-bond acceptors (Lipinski definition) is 3. The van der Waals surface area contributed by atoms with Gasteiger partial charge in [-0.1, -0.05) is 12.1 Å². The SMILES string of the molecule is CNCc1cnc(-c2cccc(OC)c2)[nH]1. The molecule has 84 valence electrons. The smallest absolute Gasteiger partial charge is 0.137 e. The third-order valence-electron chi connectivity index (χ3n) is 2.34. The topological polar surface area (TPSA) is 49.9 Å². The molecule has 0 aliphatic heterocycles. The number of imidazole rings is 1. The first kappa shape index (κ1) is 10.7. The van der Waals surface area contributed by atoms with E-state index >= 15 is 0 Å². The summed E-state index contributed by atoms with van der Waals surface area (Å²) in [5.41, 5.74) is 2.10. The molecule has 4 nitrogen and oxygen atoms in total. The van der Waals surface area contributed by atoms with Crippen LogP contribution in [-0.2, 0) is 6.54 Å². The average molecular weight is 217 g/mol. The summed E-state index contributed by atoms with van der Waals surface area (Å²) in [4.78, 5) is 7.58. The molecule has 0 spiro atoms. The Morgan fingerprint density at radius 2 is 2.31 bits per heavy atom. The molecule has 16 heavy (non-hydrogen) atoms. The van der Waals surface area contributed by atoms with Crippen molar-refractivity contribution < 1.29 is 4.74 Å². The van der Waals surface area contributed by atoms with Gasteiger partial charge in [0.2, 0.25) is 0 Å². The number of aromatic nitrogens is 2. The number of benzene rings is 1. The van der Waals surface area contributed by atoms with Gasteiger partial charge in [-0.25, -0.2) is 4.98 Å². The highest BCUT2D eigenvalue weighted by Crippen LogP contribution is 2.20. The highest BCUT2D eigenvalue weighted by atomic mass is 16.5. The first-order valence-corrected chi connectivity index (χ1v) is 5.16. The van der Waals surface area contributed by atoms with E-state index in [4.69, 9.17) is 4.74 Å². The lowest BCUT2D eigenvalue weighted by Crippen LogP contribution is -2.04. The second kappa shape index (κ2) is 4.81. The van der Waals surface area contributed by atoms with Crippen molar-refractivity contribution in [3.05, 3.63) is 36.2 Å². The van der Waals surface area contributed by atoms with E-state index in [0.717, 1.165) is 29.4 Å². The van der Waals surface area contributed by atoms with Crippen LogP contribution in [0, 0.1) is 0 Å². The Balaban J connectivity index is 2.27. The summed E-state index contributed by atoms with van der Waals surface area (Å²) in [6.07, 6.45) is 1.84. The van der Waals surface area contributed by atoms with Gasteiger partial charge in [0, 0.05) is 24.0 Å². The quantitative estimate of drug-likeness (QED) is 0.821. The first-order valence-electron chi connectivity index (χ1n) is 5.16. The van der Waals surface area contributed by atoms with Crippen LogP contribution in [0.1, 0.15) is 5.69 Å². The highest BCUT2D eigenvalue weighted by Gasteiger charge is 2.03. The van der Waals surface area contributed by atoms with Gasteiger partial charge >= 0.3 is 0 Å². The van der Waals surface area contributed by atoms with Gasteiger partial charge in [0.25, 0.3) is 0 Å². The largest absolute Gasteiger partial charge is 0.497 e. The van der Waals surface area contributed by atoms with Gasteiger partial charge in [-0.2, -0.15) is 0 Å². The standard InChI is InChI=1S/C12H15N3O/c1-13-7-10-8-14-12(15-10)9-4-3-5-11(6-9)16-2/h3-6,8,13H,7H2,1-2H3,(H,14,15). The van der Waals surface area contributed by atoms with Crippen LogP contribution in [-0.4, -0.2) is 24.1 Å². The molecule has 1 aromatic heterocycles. The second-order valence-electron chi connectivity index (χ2n) is 3.52. The third-order valence-corrected chi connectivity index (χ3v) is 2.34. The summed E-state index contributed by atoms with van der Waals surface area (Å²) < 4.78 is 5.18. The number of aromatic amines is 1. The van der Waals surface area contributed by atoms with Gasteiger partial charge in [-0.3, -0.25) is 0 Å². The van der Waals surface area contributed by atoms with Crippen molar-refractivity contribution >= 4 is 0 Å². The predicted octanol–water partition coefficient (Wildman–Crippen LogP) is 1.80. The number of methoxy groups -OCH3 is 1. The normalized spacial score (nSPS) is 10.4. The first-order chi connectivity index (χ1) is 7.83. The fourth-order valence-electron chi connectivity index (χ4n) is 1.56. The van der Waals surface area contributed by atoms with E-state index < -0.39 is 0 Å². The van der Waals surface area contributed by atoms with Crippen molar-refractivity contribution in [2.45, 2.75) is 6.54 Å². The van der Waals surface area contributed by atoms with Gasteiger partial charge in [-0.15, -0.1) is 0 Å². The Morgan fingerprint density at radius 3 is 3.06 bits per heavy atom. The minimum atomic E-state index is 0.789. The summed E-state index contributed by atoms with van der Waals surface area (Å²) in [6.45, 7) is 0.789. The highest BCUT2D eigenvalue weighted by molar-refractivity contribution is 5.57. The van der Waals surface area contributed by atoms with Crippen LogP contribution in [0.25, 0.3) is 11.4 Å². The lowest BCUT2D eigenvalue weighted by Gasteiger charge is -2.01. The molecule has 2 N–H and O–H groups in total. The molecule has 0 bridgehead atoms. The molecule has 0 saturated heterocycles. The van der Waals surface area contributed by atoms with E-state index in [1.54, 1.807) is 7.11 Å². The van der Waals surface area contributed by atoms with Crippen LogP contribution in [0.2, 0.25) is 0 Å². The van der Waals surface area contributed by atoms with Crippen LogP contribution in [0.3, 0.4) is 0 Å². The number of rotatable bonds is 4. The predicted molar refractivity (Wildman–Crippen MR) is 63.3 cm³/mol. The Morgan fingerprint density at radius 1 is 1.44 bits per heavy atom. The Kier molecular flexibility index (Phi) is 3.22. The van der Waals surface area contributed by atoms with E-state index in [2.05, 4.69) is 15.3 Å². The van der Waals surface area contributed by atoms with E-state index in [-0.39, 0.29) is 0 Å². The third kappa shape index (κ3) is 2.23. The molecule has 0 aliphatic rings. The molecule has 0 radical (unpaired) electrons. The zero-order valence-electron chi connectivity index (χ0n) is 9.45. The number of H-pyrrole nitrogens is 1. The maximum absolute atomic E-state index is 5.18. The summed E-state index contributed by atoms with van der Waals surface area (Å²) >= 11 is 0. The van der Waals surface area contributed by atoms with Gasteiger partial charge in [0.1, 0.15) is 11.6 Å². The van der Waals surface area contributed by atoms with Crippen molar-refractivity contribution in [2.24, 2.45) is 0 Å². The molecule has 0 saturated carbocycles. The molecule has 0 fully saturated rings. The summed E-state index contributed by atoms with van der Waals surface area (Å²) in [6, 6.07) is 7.84. The van der Waals surface area contributed by atoms with E-state index in [0.29, 0.717) is 0 Å². The lowest BCUT2D eigenvalue weighted by atomic mass is 10.2. The molecule has 2 aromatic rings. The van der Waals surface area contributed by atoms with Gasteiger partial charge in [-0.05, 0) is 19.2 Å². The van der Waals surface area contributed by atoms with Gasteiger partial charge in [0.15, 0.2) is 0 Å². The monoisotopic (exact) mass is 217 g/mol. The van der Waals surface area contributed by atoms with E-state index in [9.17, 15) is 0 Å². The molecule has 2 rings (SSSR count). The molecule has 1 heterocycles. The molecule has 0 amide bonds. The van der Waals surface area contributed by atoms with Gasteiger partial charge < -0.3 is 15.0 Å². The number of hydrogen-bond donors (Lipinski definition) is 2. The van der Waals surface area contributed by atoms with Crippen LogP contribution in [0.15, 0.2) is 30.5 Å². The fraction of sp³-hybridized carbons (Fsp3) is 0.250. The van der Waals surface area contributed by atoms with Crippen molar-refractivity contribution in [3.8, 4) is 17.1 Å². The zero-order chi connectivity index (χ0) is 11.4. The van der Waals surface area contributed by atoms with Crippen molar-refractivity contribution in [1.29, 1.82) is 0 Å². The maximum atomic E-state index is 5.18. The van der Waals surface area contributed by atoms with Gasteiger partial charge in [0.05, 0.1) is 7.11 Å². The van der Waals surface area contributed by atoms with Crippen molar-refractivity contribution in [3.63, 3.8) is 0 Å². The molecular weight excluding hydrogens is 202 g/mol. The molecule has 0 aliphatic carbocycles. The Labute approximate surface area is 94.7 Å². The number of nitrogens with zero attached hydrogens (tertiary/aromatic N) is 1. The summed E-state index contributed by atoms with van der Waals surface area (Å²) in [5.74, 6) is 1.70. The molecule has 0 unspecified atom stereocenters. The molecule has 4 heteroatoms. The Hall–Kier alpha value is -1.81. The summed E-state index contributed by atoms with van der Waals surface area (Å²) in [5, 5.41) is 3.08. The van der Waals surface area contributed by atoms with Crippen molar-refractivity contribution in [2.75, 3.05) is 14.2 Å². The van der Waals surface area contributed by atoms with Crippen LogP contribution in [0.4, 0.5) is 0 Å². The zero-order valence-corrected chi connectivity index (χ0v) is 9.45. The van der Waals surface area contributed by atoms with Crippen LogP contribution < -0.4 is 10.1 Å². The minimum absolute atomic E-state index is 0.789. The minimum Gasteiger partial charge on any atom is -0.497 e. The average Bonchev–Trinajstić information content (AvgIpc) is 2.78. The number of nitrogens with one attached hydrogen (secondary N) is 2. The molecular formula is C12H15N3O. The van der Waals surface area contributed by atoms with E-state index in [1.807, 2.05) is 37.5 Å². The summed E-state index contributed by atoms with van der Waals surface area (Å²) in [7, 11) is 3.57. The maximum Gasteiger partial charge on any atom is 0.137 e. The molecule has 0 atom stereocenters. The van der Waals surface area contributed by atoms with Crippen molar-refractivity contribution in [1.82, 2.24) is 15.3 Å². The Bertz CT molecular complexity index is 465. The second-order valence-corrected chi connectivity index (χ2v) is 3.52. The number of ether oxygens (including phenoxy) is 1. The lowest BCUT2D eigenvalue weighted by molar-refractivity contribution is 0.415. The van der Waals surface area contributed by atoms with Crippen LogP contribution >= 0.6 is 0 Å². The fourth-order valence-corrected chi connectivity index (χ4v) is 1.56. The molecule has 1 aromatic carbocycles. The van der Waals surface area contributed by atoms with Crippen LogP contribution in [0.5, 0.6) is 5.75 Å². The van der Waals surface area contributed by atoms with E-state index in [1.165, 1.54) is 0 Å².